The third-order valence-electron chi connectivity index (χ3n) is 4.33. The smallest absolute Gasteiger partial charge is 0.138 e. The van der Waals surface area contributed by atoms with Crippen LogP contribution < -0.4 is 5.32 Å². The van der Waals surface area contributed by atoms with Crippen LogP contribution in [0.1, 0.15) is 72.2 Å². The molecule has 0 aliphatic heterocycles. The molecule has 0 aromatic carbocycles. The van der Waals surface area contributed by atoms with Crippen LogP contribution in [0.3, 0.4) is 0 Å². The van der Waals surface area contributed by atoms with Crippen LogP contribution in [0.5, 0.6) is 0 Å². The van der Waals surface area contributed by atoms with Crippen molar-refractivity contribution in [1.29, 1.82) is 0 Å². The van der Waals surface area contributed by atoms with Gasteiger partial charge in [0.2, 0.25) is 0 Å². The third-order valence-corrected chi connectivity index (χ3v) is 4.33. The molecule has 0 radical (unpaired) electrons. The number of hydrogen-bond acceptors (Lipinski definition) is 3. The molecular weight excluding hydrogens is 248 g/mol. The monoisotopic (exact) mass is 278 g/mol. The van der Waals surface area contributed by atoms with E-state index in [1.54, 1.807) is 6.33 Å². The highest BCUT2D eigenvalue weighted by Crippen LogP contribution is 2.40. The quantitative estimate of drug-likeness (QED) is 0.898. The molecule has 4 heteroatoms. The molecule has 0 spiro atoms. The second-order valence-electron chi connectivity index (χ2n) is 7.70. The Labute approximate surface area is 123 Å². The van der Waals surface area contributed by atoms with Crippen molar-refractivity contribution < 1.29 is 0 Å². The van der Waals surface area contributed by atoms with Crippen molar-refractivity contribution in [3.63, 3.8) is 0 Å². The maximum absolute atomic E-state index is 4.51. The molecule has 0 atom stereocenters. The summed E-state index contributed by atoms with van der Waals surface area (Å²) < 4.78 is 2.08. The van der Waals surface area contributed by atoms with Crippen LogP contribution in [0.25, 0.3) is 0 Å². The molecule has 20 heavy (non-hydrogen) atoms. The van der Waals surface area contributed by atoms with E-state index >= 15 is 0 Å². The summed E-state index contributed by atoms with van der Waals surface area (Å²) in [7, 11) is 0. The van der Waals surface area contributed by atoms with Gasteiger partial charge in [0, 0.05) is 24.5 Å². The first-order chi connectivity index (χ1) is 9.31. The SMILES string of the molecule is CC(C)n1ncnc1CC1(CNC(C)(C)C)CCCC1. The topological polar surface area (TPSA) is 42.7 Å². The van der Waals surface area contributed by atoms with Gasteiger partial charge in [-0.2, -0.15) is 5.10 Å². The lowest BCUT2D eigenvalue weighted by Gasteiger charge is -2.33. The standard InChI is InChI=1S/C16H30N4/c1-13(2)20-14(17-12-19-20)10-16(8-6-7-9-16)11-18-15(3,4)5/h12-13,18H,6-11H2,1-5H3. The maximum Gasteiger partial charge on any atom is 0.138 e. The summed E-state index contributed by atoms with van der Waals surface area (Å²) in [5.74, 6) is 1.15. The molecule has 1 heterocycles. The normalized spacial score (nSPS) is 18.9. The number of aromatic nitrogens is 3. The summed E-state index contributed by atoms with van der Waals surface area (Å²) >= 11 is 0. The molecule has 4 nitrogen and oxygen atoms in total. The fraction of sp³-hybridized carbons (Fsp3) is 0.875. The summed E-state index contributed by atoms with van der Waals surface area (Å²) in [5, 5.41) is 8.09. The van der Waals surface area contributed by atoms with Crippen LogP contribution in [-0.4, -0.2) is 26.8 Å². The van der Waals surface area contributed by atoms with E-state index in [0.29, 0.717) is 11.5 Å². The van der Waals surface area contributed by atoms with Gasteiger partial charge in [0.25, 0.3) is 0 Å². The van der Waals surface area contributed by atoms with Crippen molar-refractivity contribution in [2.24, 2.45) is 5.41 Å². The molecule has 0 amide bonds. The van der Waals surface area contributed by atoms with Crippen LogP contribution in [0.15, 0.2) is 6.33 Å². The van der Waals surface area contributed by atoms with Crippen molar-refractivity contribution in [2.75, 3.05) is 6.54 Å². The molecular formula is C16H30N4. The second-order valence-corrected chi connectivity index (χ2v) is 7.70. The van der Waals surface area contributed by atoms with E-state index in [0.717, 1.165) is 18.8 Å². The highest BCUT2D eigenvalue weighted by molar-refractivity contribution is 4.99. The predicted molar refractivity (Wildman–Crippen MR) is 82.8 cm³/mol. The van der Waals surface area contributed by atoms with E-state index in [1.165, 1.54) is 25.7 Å². The summed E-state index contributed by atoms with van der Waals surface area (Å²) in [6.45, 7) is 12.2. The van der Waals surface area contributed by atoms with Crippen molar-refractivity contribution in [2.45, 2.75) is 78.3 Å². The van der Waals surface area contributed by atoms with Crippen LogP contribution in [0.2, 0.25) is 0 Å². The van der Waals surface area contributed by atoms with Crippen molar-refractivity contribution in [3.05, 3.63) is 12.2 Å². The zero-order valence-electron chi connectivity index (χ0n) is 13.7. The van der Waals surface area contributed by atoms with E-state index in [4.69, 9.17) is 0 Å². The van der Waals surface area contributed by atoms with E-state index in [1.807, 2.05) is 0 Å². The van der Waals surface area contributed by atoms with Crippen LogP contribution in [-0.2, 0) is 6.42 Å². The van der Waals surface area contributed by atoms with E-state index in [2.05, 4.69) is 54.7 Å². The summed E-state index contributed by atoms with van der Waals surface area (Å²) in [5.41, 5.74) is 0.550. The van der Waals surface area contributed by atoms with Crippen LogP contribution >= 0.6 is 0 Å². The molecule has 1 aliphatic rings. The number of rotatable bonds is 5. The Bertz CT molecular complexity index is 422. The van der Waals surface area contributed by atoms with Gasteiger partial charge in [-0.05, 0) is 52.9 Å². The van der Waals surface area contributed by atoms with Crippen molar-refractivity contribution >= 4 is 0 Å². The summed E-state index contributed by atoms with van der Waals surface area (Å²) in [4.78, 5) is 4.51. The molecule has 1 fully saturated rings. The van der Waals surface area contributed by atoms with Gasteiger partial charge in [0.15, 0.2) is 0 Å². The zero-order chi connectivity index (χ0) is 14.8. The maximum atomic E-state index is 4.51. The zero-order valence-corrected chi connectivity index (χ0v) is 13.7. The van der Waals surface area contributed by atoms with Gasteiger partial charge in [-0.15, -0.1) is 0 Å². The minimum Gasteiger partial charge on any atom is -0.312 e. The number of nitrogens with zero attached hydrogens (tertiary/aromatic N) is 3. The average Bonchev–Trinajstić information content (AvgIpc) is 2.96. The molecule has 1 aromatic heterocycles. The fourth-order valence-corrected chi connectivity index (χ4v) is 3.16. The molecule has 1 aliphatic carbocycles. The summed E-state index contributed by atoms with van der Waals surface area (Å²) in [6.07, 6.45) is 8.06. The molecule has 1 aromatic rings. The molecule has 0 saturated heterocycles. The van der Waals surface area contributed by atoms with E-state index in [9.17, 15) is 0 Å². The molecule has 2 rings (SSSR count). The highest BCUT2D eigenvalue weighted by Gasteiger charge is 2.36. The Morgan fingerprint density at radius 1 is 1.30 bits per heavy atom. The van der Waals surface area contributed by atoms with Gasteiger partial charge >= 0.3 is 0 Å². The van der Waals surface area contributed by atoms with Crippen molar-refractivity contribution in [3.8, 4) is 0 Å². The molecule has 1 saturated carbocycles. The Morgan fingerprint density at radius 3 is 2.50 bits per heavy atom. The largest absolute Gasteiger partial charge is 0.312 e. The molecule has 1 N–H and O–H groups in total. The lowest BCUT2D eigenvalue weighted by atomic mass is 9.81. The van der Waals surface area contributed by atoms with Crippen LogP contribution in [0.4, 0.5) is 0 Å². The molecule has 0 bridgehead atoms. The highest BCUT2D eigenvalue weighted by atomic mass is 15.3. The number of nitrogens with one attached hydrogen (secondary N) is 1. The Morgan fingerprint density at radius 2 is 1.95 bits per heavy atom. The van der Waals surface area contributed by atoms with Gasteiger partial charge in [0.1, 0.15) is 12.2 Å². The van der Waals surface area contributed by atoms with Gasteiger partial charge in [-0.3, -0.25) is 0 Å². The lowest BCUT2D eigenvalue weighted by Crippen LogP contribution is -2.44. The van der Waals surface area contributed by atoms with E-state index < -0.39 is 0 Å². The van der Waals surface area contributed by atoms with Crippen molar-refractivity contribution in [1.82, 2.24) is 20.1 Å². The molecule has 114 valence electrons. The van der Waals surface area contributed by atoms with Gasteiger partial charge in [0.05, 0.1) is 0 Å². The molecule has 0 unspecified atom stereocenters. The minimum atomic E-state index is 0.182. The van der Waals surface area contributed by atoms with Gasteiger partial charge in [-0.25, -0.2) is 9.67 Å². The average molecular weight is 278 g/mol. The predicted octanol–water partition coefficient (Wildman–Crippen LogP) is 3.35. The Balaban J connectivity index is 2.11. The first kappa shape index (κ1) is 15.5. The van der Waals surface area contributed by atoms with Gasteiger partial charge in [-0.1, -0.05) is 12.8 Å². The van der Waals surface area contributed by atoms with Crippen LogP contribution in [0, 0.1) is 5.41 Å². The lowest BCUT2D eigenvalue weighted by molar-refractivity contribution is 0.236. The fourth-order valence-electron chi connectivity index (χ4n) is 3.16. The second kappa shape index (κ2) is 5.84. The Hall–Kier alpha value is -0.900. The first-order valence-electron chi connectivity index (χ1n) is 7.95. The first-order valence-corrected chi connectivity index (χ1v) is 7.95. The van der Waals surface area contributed by atoms with Gasteiger partial charge < -0.3 is 5.32 Å². The minimum absolute atomic E-state index is 0.182. The summed E-state index contributed by atoms with van der Waals surface area (Å²) in [6, 6.07) is 0.390. The third kappa shape index (κ3) is 3.81. The Kier molecular flexibility index (Phi) is 4.52. The van der Waals surface area contributed by atoms with E-state index in [-0.39, 0.29) is 5.54 Å². The number of hydrogen-bond donors (Lipinski definition) is 1.